The lowest BCUT2D eigenvalue weighted by Crippen LogP contribution is -2.15. The summed E-state index contributed by atoms with van der Waals surface area (Å²) in [5.41, 5.74) is 2.27. The number of hydrogen-bond donors (Lipinski definition) is 2. The van der Waals surface area contributed by atoms with E-state index in [-0.39, 0.29) is 12.3 Å². The maximum atomic E-state index is 12.4. The first-order valence-electron chi connectivity index (χ1n) is 7.14. The Morgan fingerprint density at radius 3 is 2.87 bits per heavy atom. The van der Waals surface area contributed by atoms with Gasteiger partial charge in [-0.1, -0.05) is 12.1 Å². The molecule has 2 N–H and O–H groups in total. The van der Waals surface area contributed by atoms with Crippen molar-refractivity contribution in [3.05, 3.63) is 48.2 Å². The van der Waals surface area contributed by atoms with E-state index in [9.17, 15) is 4.79 Å². The molecule has 0 saturated heterocycles. The summed E-state index contributed by atoms with van der Waals surface area (Å²) in [5, 5.41) is 10.7. The first kappa shape index (κ1) is 14.9. The summed E-state index contributed by atoms with van der Waals surface area (Å²) in [6, 6.07) is 11.0. The summed E-state index contributed by atoms with van der Waals surface area (Å²) < 4.78 is 10.5. The number of benzene rings is 2. The van der Waals surface area contributed by atoms with Crippen molar-refractivity contribution in [1.29, 1.82) is 0 Å². The van der Waals surface area contributed by atoms with Gasteiger partial charge in [0.2, 0.25) is 5.91 Å². The maximum absolute atomic E-state index is 12.4. The lowest BCUT2D eigenvalue weighted by molar-refractivity contribution is -0.115. The first-order valence-corrected chi connectivity index (χ1v) is 7.14. The predicted octanol–water partition coefficient (Wildman–Crippen LogP) is 2.76. The number of amides is 1. The van der Waals surface area contributed by atoms with Crippen LogP contribution in [-0.2, 0) is 11.2 Å². The second kappa shape index (κ2) is 6.39. The molecule has 23 heavy (non-hydrogen) atoms. The molecule has 3 rings (SSSR count). The van der Waals surface area contributed by atoms with Crippen LogP contribution in [0.4, 0.5) is 5.69 Å². The van der Waals surface area contributed by atoms with Crippen molar-refractivity contribution in [3.63, 3.8) is 0 Å². The average molecular weight is 311 g/mol. The largest absolute Gasteiger partial charge is 0.497 e. The molecule has 6 heteroatoms. The molecule has 0 aliphatic carbocycles. The second-order valence-corrected chi connectivity index (χ2v) is 5.04. The van der Waals surface area contributed by atoms with Crippen LogP contribution in [0.2, 0.25) is 0 Å². The van der Waals surface area contributed by atoms with Gasteiger partial charge >= 0.3 is 0 Å². The zero-order chi connectivity index (χ0) is 16.2. The number of carbonyl (C=O) groups is 1. The van der Waals surface area contributed by atoms with E-state index < -0.39 is 0 Å². The maximum Gasteiger partial charge on any atom is 0.228 e. The van der Waals surface area contributed by atoms with Crippen molar-refractivity contribution in [3.8, 4) is 11.5 Å². The molecule has 1 amide bonds. The van der Waals surface area contributed by atoms with Gasteiger partial charge in [0, 0.05) is 10.9 Å². The number of ether oxygens (including phenoxy) is 2. The SMILES string of the molecule is COc1ccc(OC)c(CC(=O)Nc2cccc3cn[nH]c23)c1. The molecule has 0 aliphatic rings. The van der Waals surface area contributed by atoms with Crippen LogP contribution in [0, 0.1) is 0 Å². The summed E-state index contributed by atoms with van der Waals surface area (Å²) in [6.45, 7) is 0. The third kappa shape index (κ3) is 3.11. The van der Waals surface area contributed by atoms with E-state index in [4.69, 9.17) is 9.47 Å². The summed E-state index contributed by atoms with van der Waals surface area (Å²) in [5.74, 6) is 1.20. The Labute approximate surface area is 133 Å². The lowest BCUT2D eigenvalue weighted by atomic mass is 10.1. The lowest BCUT2D eigenvalue weighted by Gasteiger charge is -2.11. The number of H-pyrrole nitrogens is 1. The summed E-state index contributed by atoms with van der Waals surface area (Å²) in [4.78, 5) is 12.4. The van der Waals surface area contributed by atoms with Crippen LogP contribution >= 0.6 is 0 Å². The molecule has 0 bridgehead atoms. The van der Waals surface area contributed by atoms with Crippen LogP contribution in [0.1, 0.15) is 5.56 Å². The van der Waals surface area contributed by atoms with Crippen molar-refractivity contribution in [2.75, 3.05) is 19.5 Å². The number of anilines is 1. The number of carbonyl (C=O) groups excluding carboxylic acids is 1. The zero-order valence-electron chi connectivity index (χ0n) is 12.9. The van der Waals surface area contributed by atoms with E-state index in [0.29, 0.717) is 17.2 Å². The van der Waals surface area contributed by atoms with Gasteiger partial charge in [-0.05, 0) is 24.3 Å². The minimum absolute atomic E-state index is 0.140. The average Bonchev–Trinajstić information content (AvgIpc) is 3.04. The van der Waals surface area contributed by atoms with Crippen molar-refractivity contribution in [2.45, 2.75) is 6.42 Å². The number of fused-ring (bicyclic) bond motifs is 1. The number of para-hydroxylation sites is 1. The van der Waals surface area contributed by atoms with Gasteiger partial charge in [0.25, 0.3) is 0 Å². The smallest absolute Gasteiger partial charge is 0.228 e. The van der Waals surface area contributed by atoms with E-state index in [2.05, 4.69) is 15.5 Å². The molecule has 0 aliphatic heterocycles. The molecular formula is C17H17N3O3. The molecule has 6 nitrogen and oxygen atoms in total. The van der Waals surface area contributed by atoms with Crippen LogP contribution in [0.25, 0.3) is 10.9 Å². The van der Waals surface area contributed by atoms with E-state index in [0.717, 1.165) is 16.5 Å². The molecule has 1 heterocycles. The fraction of sp³-hybridized carbons (Fsp3) is 0.176. The van der Waals surface area contributed by atoms with E-state index in [1.807, 2.05) is 18.2 Å². The molecule has 0 saturated carbocycles. The number of methoxy groups -OCH3 is 2. The van der Waals surface area contributed by atoms with Gasteiger partial charge in [0.1, 0.15) is 11.5 Å². The molecular weight excluding hydrogens is 294 g/mol. The van der Waals surface area contributed by atoms with Gasteiger partial charge < -0.3 is 14.8 Å². The van der Waals surface area contributed by atoms with Gasteiger partial charge in [-0.25, -0.2) is 0 Å². The van der Waals surface area contributed by atoms with Crippen molar-refractivity contribution in [1.82, 2.24) is 10.2 Å². The van der Waals surface area contributed by atoms with Crippen LogP contribution < -0.4 is 14.8 Å². The van der Waals surface area contributed by atoms with Crippen molar-refractivity contribution in [2.24, 2.45) is 0 Å². The monoisotopic (exact) mass is 311 g/mol. The van der Waals surface area contributed by atoms with Crippen molar-refractivity contribution < 1.29 is 14.3 Å². The topological polar surface area (TPSA) is 76.2 Å². The van der Waals surface area contributed by atoms with Crippen LogP contribution in [0.3, 0.4) is 0 Å². The van der Waals surface area contributed by atoms with Crippen LogP contribution in [0.5, 0.6) is 11.5 Å². The van der Waals surface area contributed by atoms with Gasteiger partial charge in [-0.3, -0.25) is 9.89 Å². The van der Waals surface area contributed by atoms with Crippen LogP contribution in [-0.4, -0.2) is 30.3 Å². The fourth-order valence-electron chi connectivity index (χ4n) is 2.46. The molecule has 2 aromatic carbocycles. The van der Waals surface area contributed by atoms with E-state index in [1.165, 1.54) is 0 Å². The number of hydrogen-bond acceptors (Lipinski definition) is 4. The molecule has 0 radical (unpaired) electrons. The number of nitrogens with zero attached hydrogens (tertiary/aromatic N) is 1. The summed E-state index contributed by atoms with van der Waals surface area (Å²) in [6.07, 6.45) is 1.90. The zero-order valence-corrected chi connectivity index (χ0v) is 12.9. The molecule has 0 spiro atoms. The quantitative estimate of drug-likeness (QED) is 0.759. The van der Waals surface area contributed by atoms with Crippen molar-refractivity contribution >= 4 is 22.5 Å². The highest BCUT2D eigenvalue weighted by atomic mass is 16.5. The van der Waals surface area contributed by atoms with Gasteiger partial charge in [0.05, 0.1) is 38.0 Å². The highest BCUT2D eigenvalue weighted by Crippen LogP contribution is 2.25. The third-order valence-electron chi connectivity index (χ3n) is 3.59. The molecule has 0 unspecified atom stereocenters. The Kier molecular flexibility index (Phi) is 4.14. The number of rotatable bonds is 5. The normalized spacial score (nSPS) is 10.5. The third-order valence-corrected chi connectivity index (χ3v) is 3.59. The number of nitrogens with one attached hydrogen (secondary N) is 2. The van der Waals surface area contributed by atoms with E-state index in [1.54, 1.807) is 38.6 Å². The molecule has 118 valence electrons. The Morgan fingerprint density at radius 1 is 1.22 bits per heavy atom. The minimum atomic E-state index is -0.140. The number of aromatic amines is 1. The Morgan fingerprint density at radius 2 is 2.09 bits per heavy atom. The fourth-order valence-corrected chi connectivity index (χ4v) is 2.46. The predicted molar refractivity (Wildman–Crippen MR) is 88.0 cm³/mol. The Hall–Kier alpha value is -3.02. The molecule has 0 atom stereocenters. The second-order valence-electron chi connectivity index (χ2n) is 5.04. The standard InChI is InChI=1S/C17H17N3O3/c1-22-13-6-7-15(23-2)12(8-13)9-16(21)19-14-5-3-4-11-10-18-20-17(11)14/h3-8,10H,9H2,1-2H3,(H,18,20)(H,19,21). The molecule has 0 fully saturated rings. The number of aromatic nitrogens is 2. The summed E-state index contributed by atoms with van der Waals surface area (Å²) in [7, 11) is 3.17. The Balaban J connectivity index is 1.81. The molecule has 1 aromatic heterocycles. The molecule has 3 aromatic rings. The van der Waals surface area contributed by atoms with Gasteiger partial charge in [-0.15, -0.1) is 0 Å². The summed E-state index contributed by atoms with van der Waals surface area (Å²) >= 11 is 0. The minimum Gasteiger partial charge on any atom is -0.497 e. The Bertz CT molecular complexity index is 842. The first-order chi connectivity index (χ1) is 11.2. The van der Waals surface area contributed by atoms with Gasteiger partial charge in [0.15, 0.2) is 0 Å². The van der Waals surface area contributed by atoms with Gasteiger partial charge in [-0.2, -0.15) is 5.10 Å². The van der Waals surface area contributed by atoms with E-state index >= 15 is 0 Å². The highest BCUT2D eigenvalue weighted by Gasteiger charge is 2.12. The van der Waals surface area contributed by atoms with Crippen LogP contribution in [0.15, 0.2) is 42.6 Å². The highest BCUT2D eigenvalue weighted by molar-refractivity contribution is 6.00.